The van der Waals surface area contributed by atoms with Crippen LogP contribution in [-0.4, -0.2) is 12.1 Å². The molecule has 152 valence electrons. The van der Waals surface area contributed by atoms with Gasteiger partial charge in [0, 0.05) is 6.07 Å². The van der Waals surface area contributed by atoms with Crippen molar-refractivity contribution < 1.29 is 32.2 Å². The van der Waals surface area contributed by atoms with E-state index in [-0.39, 0.29) is 34.3 Å². The molecule has 0 heterocycles. The fraction of sp³-hybridized carbons (Fsp3) is 0.200. The van der Waals surface area contributed by atoms with E-state index in [4.69, 9.17) is 25.8 Å². The van der Waals surface area contributed by atoms with Gasteiger partial charge in [0.05, 0.1) is 22.4 Å². The quantitative estimate of drug-likeness (QED) is 0.410. The number of esters is 1. The summed E-state index contributed by atoms with van der Waals surface area (Å²) in [5, 5.41) is 9.00. The monoisotopic (exact) mass is 425 g/mol. The number of ether oxygens (including phenoxy) is 3. The molecule has 29 heavy (non-hydrogen) atoms. The molecule has 0 radical (unpaired) electrons. The minimum absolute atomic E-state index is 0.0200. The smallest absolute Gasteiger partial charge is 0.416 e. The number of nitrogens with zero attached hydrogens (tertiary/aromatic N) is 1. The van der Waals surface area contributed by atoms with Crippen molar-refractivity contribution in [2.45, 2.75) is 25.6 Å². The van der Waals surface area contributed by atoms with Gasteiger partial charge < -0.3 is 14.2 Å². The molecule has 0 fully saturated rings. The van der Waals surface area contributed by atoms with Gasteiger partial charge in [0.15, 0.2) is 6.10 Å². The van der Waals surface area contributed by atoms with Gasteiger partial charge in [-0.3, -0.25) is 0 Å². The fourth-order valence-electron chi connectivity index (χ4n) is 2.25. The molecule has 0 aliphatic heterocycles. The minimum Gasteiger partial charge on any atom is -0.477 e. The van der Waals surface area contributed by atoms with Crippen LogP contribution in [0.1, 0.15) is 24.5 Å². The molecular formula is C20H15ClF3NO4. The van der Waals surface area contributed by atoms with Crippen molar-refractivity contribution in [1.29, 1.82) is 5.26 Å². The van der Waals surface area contributed by atoms with Gasteiger partial charge in [0.2, 0.25) is 0 Å². The van der Waals surface area contributed by atoms with Gasteiger partial charge in [0.25, 0.3) is 0 Å². The molecule has 2 aromatic carbocycles. The number of nitriles is 1. The summed E-state index contributed by atoms with van der Waals surface area (Å²) in [4.78, 5) is 11.9. The van der Waals surface area contributed by atoms with Crippen molar-refractivity contribution in [1.82, 2.24) is 0 Å². The van der Waals surface area contributed by atoms with Crippen LogP contribution in [0.2, 0.25) is 5.02 Å². The summed E-state index contributed by atoms with van der Waals surface area (Å²) in [7, 11) is 0. The summed E-state index contributed by atoms with van der Waals surface area (Å²) < 4.78 is 54.0. The third-order valence-electron chi connectivity index (χ3n) is 3.66. The van der Waals surface area contributed by atoms with Gasteiger partial charge in [-0.15, -0.1) is 0 Å². The van der Waals surface area contributed by atoms with E-state index >= 15 is 0 Å². The number of hydrogen-bond acceptors (Lipinski definition) is 5. The molecule has 0 aromatic heterocycles. The van der Waals surface area contributed by atoms with E-state index in [9.17, 15) is 23.2 Å². The summed E-state index contributed by atoms with van der Waals surface area (Å²) in [5.74, 6) is -0.523. The van der Waals surface area contributed by atoms with Crippen molar-refractivity contribution in [3.05, 3.63) is 65.4 Å². The first-order valence-corrected chi connectivity index (χ1v) is 8.64. The Morgan fingerprint density at radius 3 is 2.55 bits per heavy atom. The third kappa shape index (κ3) is 5.65. The number of benzene rings is 2. The molecule has 2 rings (SSSR count). The average Bonchev–Trinajstić information content (AvgIpc) is 2.67. The maximum absolute atomic E-state index is 12.7. The number of halogens is 4. The van der Waals surface area contributed by atoms with Crippen LogP contribution in [0.25, 0.3) is 0 Å². The number of carbonyl (C=O) groups is 1. The molecule has 0 saturated heterocycles. The third-order valence-corrected chi connectivity index (χ3v) is 3.96. The van der Waals surface area contributed by atoms with Crippen LogP contribution >= 0.6 is 11.6 Å². The molecule has 0 aliphatic rings. The van der Waals surface area contributed by atoms with Crippen LogP contribution in [0.15, 0.2) is 49.2 Å². The first-order chi connectivity index (χ1) is 13.7. The number of carbonyl (C=O) groups excluding carboxylic acids is 1. The summed E-state index contributed by atoms with van der Waals surface area (Å²) in [6, 6.07) is 8.71. The topological polar surface area (TPSA) is 68.6 Å². The second kappa shape index (κ2) is 9.34. The Morgan fingerprint density at radius 1 is 1.28 bits per heavy atom. The molecule has 1 unspecified atom stereocenters. The predicted molar refractivity (Wildman–Crippen MR) is 98.7 cm³/mol. The zero-order chi connectivity index (χ0) is 21.6. The standard InChI is InChI=1S/C20H15ClF3NO4/c1-3-16(19(26)27-4-2)29-18-10-14(7-5-12(18)11-25)28-17-8-6-13(9-15(17)21)20(22,23)24/h4-10,16H,2-3H2,1H3. The molecule has 5 nitrogen and oxygen atoms in total. The Labute approximate surface area is 169 Å². The lowest BCUT2D eigenvalue weighted by Crippen LogP contribution is -2.27. The largest absolute Gasteiger partial charge is 0.477 e. The first-order valence-electron chi connectivity index (χ1n) is 8.26. The Hall–Kier alpha value is -3.18. The maximum atomic E-state index is 12.7. The highest BCUT2D eigenvalue weighted by Crippen LogP contribution is 2.37. The summed E-state index contributed by atoms with van der Waals surface area (Å²) in [6.07, 6.45) is -4.31. The molecule has 0 spiro atoms. The van der Waals surface area contributed by atoms with Gasteiger partial charge in [-0.1, -0.05) is 25.1 Å². The van der Waals surface area contributed by atoms with E-state index in [1.54, 1.807) is 6.92 Å². The van der Waals surface area contributed by atoms with E-state index in [2.05, 4.69) is 6.58 Å². The average molecular weight is 426 g/mol. The zero-order valence-corrected chi connectivity index (χ0v) is 15.9. The van der Waals surface area contributed by atoms with Gasteiger partial charge >= 0.3 is 12.1 Å². The molecule has 0 aliphatic carbocycles. The lowest BCUT2D eigenvalue weighted by molar-refractivity contribution is -0.146. The summed E-state index contributed by atoms with van der Waals surface area (Å²) in [5.41, 5.74) is -0.786. The fourth-order valence-corrected chi connectivity index (χ4v) is 2.47. The molecule has 0 saturated carbocycles. The highest BCUT2D eigenvalue weighted by Gasteiger charge is 2.31. The highest BCUT2D eigenvalue weighted by molar-refractivity contribution is 6.32. The Balaban J connectivity index is 2.30. The van der Waals surface area contributed by atoms with Crippen molar-refractivity contribution in [2.75, 3.05) is 0 Å². The second-order valence-electron chi connectivity index (χ2n) is 5.63. The number of alkyl halides is 3. The van der Waals surface area contributed by atoms with Crippen LogP contribution in [0, 0.1) is 11.3 Å². The molecule has 9 heteroatoms. The van der Waals surface area contributed by atoms with E-state index in [1.807, 2.05) is 6.07 Å². The van der Waals surface area contributed by atoms with Crippen molar-refractivity contribution in [3.63, 3.8) is 0 Å². The van der Waals surface area contributed by atoms with E-state index in [0.717, 1.165) is 24.5 Å². The van der Waals surface area contributed by atoms with E-state index < -0.39 is 23.8 Å². The molecule has 1 atom stereocenters. The van der Waals surface area contributed by atoms with Gasteiger partial charge in [-0.25, -0.2) is 4.79 Å². The van der Waals surface area contributed by atoms with E-state index in [0.29, 0.717) is 0 Å². The Kier molecular flexibility index (Phi) is 7.13. The molecule has 0 N–H and O–H groups in total. The van der Waals surface area contributed by atoms with Gasteiger partial charge in [-0.05, 0) is 36.8 Å². The van der Waals surface area contributed by atoms with Crippen LogP contribution in [-0.2, 0) is 15.7 Å². The Bertz CT molecular complexity index is 954. The van der Waals surface area contributed by atoms with Crippen LogP contribution in [0.5, 0.6) is 17.2 Å². The second-order valence-corrected chi connectivity index (χ2v) is 6.04. The first kappa shape index (κ1) is 22.1. The molecular weight excluding hydrogens is 411 g/mol. The van der Waals surface area contributed by atoms with Gasteiger partial charge in [0.1, 0.15) is 23.3 Å². The van der Waals surface area contributed by atoms with Crippen LogP contribution in [0.3, 0.4) is 0 Å². The summed E-state index contributed by atoms with van der Waals surface area (Å²) in [6.45, 7) is 4.98. The molecule has 0 bridgehead atoms. The van der Waals surface area contributed by atoms with Crippen molar-refractivity contribution in [3.8, 4) is 23.3 Å². The van der Waals surface area contributed by atoms with Gasteiger partial charge in [-0.2, -0.15) is 18.4 Å². The SMILES string of the molecule is C=COC(=O)C(CC)Oc1cc(Oc2ccc(C(F)(F)F)cc2Cl)ccc1C#N. The Morgan fingerprint density at radius 2 is 2.00 bits per heavy atom. The zero-order valence-electron chi connectivity index (χ0n) is 15.1. The van der Waals surface area contributed by atoms with E-state index in [1.165, 1.54) is 18.2 Å². The highest BCUT2D eigenvalue weighted by atomic mass is 35.5. The number of rotatable bonds is 7. The molecule has 2 aromatic rings. The number of hydrogen-bond donors (Lipinski definition) is 0. The summed E-state index contributed by atoms with van der Waals surface area (Å²) >= 11 is 5.89. The predicted octanol–water partition coefficient (Wildman–Crippen LogP) is 5.87. The minimum atomic E-state index is -4.53. The molecule has 0 amide bonds. The van der Waals surface area contributed by atoms with Crippen LogP contribution in [0.4, 0.5) is 13.2 Å². The van der Waals surface area contributed by atoms with Crippen molar-refractivity contribution >= 4 is 17.6 Å². The lowest BCUT2D eigenvalue weighted by atomic mass is 10.2. The maximum Gasteiger partial charge on any atom is 0.416 e. The van der Waals surface area contributed by atoms with Crippen LogP contribution < -0.4 is 9.47 Å². The lowest BCUT2D eigenvalue weighted by Gasteiger charge is -2.17. The normalized spacial score (nSPS) is 11.9. The van der Waals surface area contributed by atoms with Crippen molar-refractivity contribution in [2.24, 2.45) is 0 Å².